The number of hydrogen-bond acceptors (Lipinski definition) is 4. The number of aromatic nitrogens is 2. The van der Waals surface area contributed by atoms with Gasteiger partial charge in [-0.1, -0.05) is 0 Å². The lowest BCUT2D eigenvalue weighted by Crippen LogP contribution is -2.66. The zero-order valence-electron chi connectivity index (χ0n) is 15.8. The van der Waals surface area contributed by atoms with Gasteiger partial charge in [-0.2, -0.15) is 5.10 Å². The van der Waals surface area contributed by atoms with E-state index in [0.29, 0.717) is 43.6 Å². The molecule has 3 saturated heterocycles. The summed E-state index contributed by atoms with van der Waals surface area (Å²) in [6.45, 7) is 3.77. The van der Waals surface area contributed by atoms with Crippen LogP contribution in [0.5, 0.6) is 0 Å². The van der Waals surface area contributed by atoms with Crippen LogP contribution in [0, 0.1) is 5.92 Å². The number of H-pyrrole nitrogens is 1. The Morgan fingerprint density at radius 2 is 2.11 bits per heavy atom. The number of aromatic amines is 1. The Labute approximate surface area is 159 Å². The van der Waals surface area contributed by atoms with Crippen molar-refractivity contribution in [3.05, 3.63) is 17.0 Å². The fraction of sp³-hybridized carbons (Fsp3) is 0.750. The van der Waals surface area contributed by atoms with Crippen LogP contribution in [0.4, 0.5) is 0 Å². The van der Waals surface area contributed by atoms with E-state index >= 15 is 0 Å². The maximum atomic E-state index is 12.8. The highest BCUT2D eigenvalue weighted by Crippen LogP contribution is 2.37. The first kappa shape index (κ1) is 17.2. The van der Waals surface area contributed by atoms with E-state index in [0.717, 1.165) is 69.3 Å². The van der Waals surface area contributed by atoms with Crippen LogP contribution in [-0.4, -0.2) is 70.2 Å². The standard InChI is InChI=1S/C20H28N4O3/c25-17-6-1-2-9-23(17)10-14-7-8-20(27-11-14)12-24(13-20)19(26)18-15-4-3-5-16(15)21-22-18/h14H,1-13H2,(H,21,22)/t14-/m1/s1. The molecule has 1 N–H and O–H groups in total. The van der Waals surface area contributed by atoms with Crippen LogP contribution in [0.15, 0.2) is 0 Å². The molecule has 0 radical (unpaired) electrons. The van der Waals surface area contributed by atoms with Gasteiger partial charge in [0.25, 0.3) is 5.91 Å². The minimum Gasteiger partial charge on any atom is -0.371 e. The Bertz CT molecular complexity index is 742. The molecule has 2 amide bonds. The van der Waals surface area contributed by atoms with Gasteiger partial charge in [0.05, 0.1) is 19.7 Å². The SMILES string of the molecule is O=C1CCCCN1C[C@H]1CCC2(CN(C(=O)c3n[nH]c4c3CCC4)C2)OC1. The number of rotatable bonds is 3. The Balaban J connectivity index is 1.13. The van der Waals surface area contributed by atoms with Gasteiger partial charge in [-0.05, 0) is 44.9 Å². The van der Waals surface area contributed by atoms with Gasteiger partial charge in [0.2, 0.25) is 5.91 Å². The third-order valence-electron chi connectivity index (χ3n) is 6.79. The monoisotopic (exact) mass is 372 g/mol. The van der Waals surface area contributed by atoms with Crippen molar-refractivity contribution in [1.82, 2.24) is 20.0 Å². The molecule has 0 saturated carbocycles. The van der Waals surface area contributed by atoms with E-state index in [4.69, 9.17) is 4.74 Å². The van der Waals surface area contributed by atoms with Crippen molar-refractivity contribution in [3.8, 4) is 0 Å². The number of nitrogens with one attached hydrogen (secondary N) is 1. The van der Waals surface area contributed by atoms with Gasteiger partial charge in [0, 0.05) is 36.7 Å². The van der Waals surface area contributed by atoms with E-state index < -0.39 is 0 Å². The first-order valence-electron chi connectivity index (χ1n) is 10.4. The van der Waals surface area contributed by atoms with Crippen molar-refractivity contribution < 1.29 is 14.3 Å². The summed E-state index contributed by atoms with van der Waals surface area (Å²) < 4.78 is 6.22. The lowest BCUT2D eigenvalue weighted by atomic mass is 9.82. The Morgan fingerprint density at radius 3 is 2.89 bits per heavy atom. The Hall–Kier alpha value is -1.89. The summed E-state index contributed by atoms with van der Waals surface area (Å²) in [4.78, 5) is 28.7. The molecule has 0 bridgehead atoms. The molecule has 1 aromatic heterocycles. The van der Waals surface area contributed by atoms with Crippen molar-refractivity contribution >= 4 is 11.8 Å². The van der Waals surface area contributed by atoms with E-state index in [9.17, 15) is 9.59 Å². The van der Waals surface area contributed by atoms with E-state index in [1.165, 1.54) is 0 Å². The summed E-state index contributed by atoms with van der Waals surface area (Å²) in [6, 6.07) is 0. The largest absolute Gasteiger partial charge is 0.371 e. The molecule has 4 aliphatic rings. The maximum absolute atomic E-state index is 12.8. The van der Waals surface area contributed by atoms with Crippen molar-refractivity contribution in [1.29, 1.82) is 0 Å². The van der Waals surface area contributed by atoms with Crippen LogP contribution in [0.3, 0.4) is 0 Å². The Kier molecular flexibility index (Phi) is 4.22. The van der Waals surface area contributed by atoms with Crippen LogP contribution in [0.25, 0.3) is 0 Å². The second-order valence-corrected chi connectivity index (χ2v) is 8.74. The molecular weight excluding hydrogens is 344 g/mol. The van der Waals surface area contributed by atoms with E-state index in [1.54, 1.807) is 0 Å². The lowest BCUT2D eigenvalue weighted by Gasteiger charge is -2.52. The van der Waals surface area contributed by atoms with Crippen LogP contribution < -0.4 is 0 Å². The molecule has 4 heterocycles. The van der Waals surface area contributed by atoms with Gasteiger partial charge in [0.15, 0.2) is 5.69 Å². The molecule has 1 atom stereocenters. The third-order valence-corrected chi connectivity index (χ3v) is 6.79. The molecule has 7 nitrogen and oxygen atoms in total. The molecule has 3 aliphatic heterocycles. The molecule has 1 aliphatic carbocycles. The molecule has 0 aromatic carbocycles. The highest BCUT2D eigenvalue weighted by molar-refractivity contribution is 5.95. The van der Waals surface area contributed by atoms with Crippen molar-refractivity contribution in [3.63, 3.8) is 0 Å². The molecule has 1 aromatic rings. The van der Waals surface area contributed by atoms with Gasteiger partial charge in [-0.3, -0.25) is 14.7 Å². The van der Waals surface area contributed by atoms with Crippen molar-refractivity contribution in [2.45, 2.75) is 57.0 Å². The minimum absolute atomic E-state index is 0.0460. The number of amides is 2. The number of hydrogen-bond donors (Lipinski definition) is 1. The first-order valence-corrected chi connectivity index (χ1v) is 10.4. The zero-order chi connectivity index (χ0) is 18.4. The first-order chi connectivity index (χ1) is 13.1. The molecule has 1 spiro atoms. The number of nitrogens with zero attached hydrogens (tertiary/aromatic N) is 3. The third kappa shape index (κ3) is 3.06. The predicted octanol–water partition coefficient (Wildman–Crippen LogP) is 1.53. The van der Waals surface area contributed by atoms with E-state index in [2.05, 4.69) is 10.2 Å². The highest BCUT2D eigenvalue weighted by Gasteiger charge is 2.49. The number of ether oxygens (including phenoxy) is 1. The molecule has 146 valence electrons. The number of aryl methyl sites for hydroxylation is 1. The number of likely N-dealkylation sites (tertiary alicyclic amines) is 2. The van der Waals surface area contributed by atoms with Crippen LogP contribution in [0.1, 0.15) is 60.3 Å². The van der Waals surface area contributed by atoms with Crippen LogP contribution in [-0.2, 0) is 22.4 Å². The average molecular weight is 372 g/mol. The van der Waals surface area contributed by atoms with Crippen molar-refractivity contribution in [2.24, 2.45) is 5.92 Å². The van der Waals surface area contributed by atoms with Crippen LogP contribution >= 0.6 is 0 Å². The summed E-state index contributed by atoms with van der Waals surface area (Å²) >= 11 is 0. The van der Waals surface area contributed by atoms with Crippen molar-refractivity contribution in [2.75, 3.05) is 32.8 Å². The summed E-state index contributed by atoms with van der Waals surface area (Å²) in [6.07, 6.45) is 7.97. The normalized spacial score (nSPS) is 27.0. The summed E-state index contributed by atoms with van der Waals surface area (Å²) in [7, 11) is 0. The fourth-order valence-corrected chi connectivity index (χ4v) is 5.12. The predicted molar refractivity (Wildman–Crippen MR) is 98.4 cm³/mol. The quantitative estimate of drug-likeness (QED) is 0.873. The maximum Gasteiger partial charge on any atom is 0.274 e. The van der Waals surface area contributed by atoms with Gasteiger partial charge in [-0.25, -0.2) is 0 Å². The molecule has 0 unspecified atom stereocenters. The zero-order valence-corrected chi connectivity index (χ0v) is 15.8. The number of piperidine rings is 1. The summed E-state index contributed by atoms with van der Waals surface area (Å²) in [5.41, 5.74) is 2.71. The lowest BCUT2D eigenvalue weighted by molar-refractivity contribution is -0.170. The molecule has 5 rings (SSSR count). The second kappa shape index (κ2) is 6.62. The molecule has 27 heavy (non-hydrogen) atoms. The average Bonchev–Trinajstić information content (AvgIpc) is 3.25. The molecule has 3 fully saturated rings. The summed E-state index contributed by atoms with van der Waals surface area (Å²) in [5, 5.41) is 7.29. The number of fused-ring (bicyclic) bond motifs is 1. The van der Waals surface area contributed by atoms with Gasteiger partial charge in [0.1, 0.15) is 5.60 Å². The van der Waals surface area contributed by atoms with Crippen LogP contribution in [0.2, 0.25) is 0 Å². The number of carbonyl (C=O) groups excluding carboxylic acids is 2. The Morgan fingerprint density at radius 1 is 1.22 bits per heavy atom. The fourth-order valence-electron chi connectivity index (χ4n) is 5.12. The molecular formula is C20H28N4O3. The van der Waals surface area contributed by atoms with Gasteiger partial charge in [-0.15, -0.1) is 0 Å². The summed E-state index contributed by atoms with van der Waals surface area (Å²) in [5.74, 6) is 0.773. The highest BCUT2D eigenvalue weighted by atomic mass is 16.5. The smallest absolute Gasteiger partial charge is 0.274 e. The molecule has 7 heteroatoms. The minimum atomic E-state index is -0.169. The second-order valence-electron chi connectivity index (χ2n) is 8.74. The van der Waals surface area contributed by atoms with E-state index in [-0.39, 0.29) is 11.5 Å². The van der Waals surface area contributed by atoms with Gasteiger partial charge < -0.3 is 14.5 Å². The van der Waals surface area contributed by atoms with Gasteiger partial charge >= 0.3 is 0 Å². The van der Waals surface area contributed by atoms with E-state index in [1.807, 2.05) is 9.80 Å². The number of carbonyl (C=O) groups is 2. The topological polar surface area (TPSA) is 78.5 Å².